The Labute approximate surface area is 131 Å². The van der Waals surface area contributed by atoms with Crippen molar-refractivity contribution in [2.24, 2.45) is 16.3 Å². The lowest BCUT2D eigenvalue weighted by Crippen LogP contribution is -2.35. The standard InChI is InChI=1S/C18H22N2O2/c1-18(2,3)10-16(21)19-11-7-8-13-12-5-4-6-14(12)17(22)20-15(13)9-11/h7-9,13H,4-6,10H2,1-3H3,(H,20,22). The molecule has 1 N–H and O–H groups in total. The van der Waals surface area contributed by atoms with E-state index < -0.39 is 0 Å². The average Bonchev–Trinajstić information content (AvgIpc) is 2.86. The van der Waals surface area contributed by atoms with Gasteiger partial charge in [0.25, 0.3) is 5.91 Å². The van der Waals surface area contributed by atoms with Gasteiger partial charge in [0.2, 0.25) is 5.91 Å². The first-order chi connectivity index (χ1) is 10.3. The summed E-state index contributed by atoms with van der Waals surface area (Å²) in [5.74, 6) is 0.0582. The molecule has 0 aromatic heterocycles. The molecule has 2 amide bonds. The van der Waals surface area contributed by atoms with Crippen LogP contribution in [0.2, 0.25) is 0 Å². The molecule has 0 fully saturated rings. The number of carbonyl (C=O) groups excluding carboxylic acids is 2. The van der Waals surface area contributed by atoms with Crippen LogP contribution in [-0.2, 0) is 9.59 Å². The van der Waals surface area contributed by atoms with Gasteiger partial charge in [-0.25, -0.2) is 4.99 Å². The second-order valence-corrected chi connectivity index (χ2v) is 7.42. The molecule has 4 nitrogen and oxygen atoms in total. The van der Waals surface area contributed by atoms with E-state index in [2.05, 4.69) is 16.4 Å². The van der Waals surface area contributed by atoms with Crippen molar-refractivity contribution in [1.82, 2.24) is 5.32 Å². The first-order valence-corrected chi connectivity index (χ1v) is 7.88. The lowest BCUT2D eigenvalue weighted by Gasteiger charge is -2.28. The van der Waals surface area contributed by atoms with E-state index in [9.17, 15) is 9.59 Å². The summed E-state index contributed by atoms with van der Waals surface area (Å²) in [6.07, 6.45) is 9.13. The van der Waals surface area contributed by atoms with Crippen LogP contribution < -0.4 is 5.32 Å². The van der Waals surface area contributed by atoms with Gasteiger partial charge in [-0.15, -0.1) is 0 Å². The first-order valence-electron chi connectivity index (χ1n) is 7.88. The Kier molecular flexibility index (Phi) is 3.63. The van der Waals surface area contributed by atoms with Gasteiger partial charge in [0, 0.05) is 23.6 Å². The van der Waals surface area contributed by atoms with Gasteiger partial charge >= 0.3 is 0 Å². The van der Waals surface area contributed by atoms with Gasteiger partial charge in [0.1, 0.15) is 0 Å². The average molecular weight is 298 g/mol. The molecule has 0 saturated carbocycles. The van der Waals surface area contributed by atoms with Crippen molar-refractivity contribution in [2.75, 3.05) is 0 Å². The maximum absolute atomic E-state index is 12.1. The minimum atomic E-state index is -0.120. The predicted octanol–water partition coefficient (Wildman–Crippen LogP) is 3.07. The van der Waals surface area contributed by atoms with E-state index in [1.54, 1.807) is 0 Å². The molecule has 3 rings (SSSR count). The van der Waals surface area contributed by atoms with Crippen LogP contribution in [0.1, 0.15) is 46.5 Å². The fraction of sp³-hybridized carbons (Fsp3) is 0.500. The van der Waals surface area contributed by atoms with Crippen LogP contribution in [0.4, 0.5) is 0 Å². The highest BCUT2D eigenvalue weighted by molar-refractivity contribution is 6.11. The van der Waals surface area contributed by atoms with E-state index in [-0.39, 0.29) is 23.1 Å². The number of carbonyl (C=O) groups is 2. The van der Waals surface area contributed by atoms with Gasteiger partial charge in [0.15, 0.2) is 0 Å². The van der Waals surface area contributed by atoms with E-state index in [1.807, 2.05) is 32.9 Å². The Bertz CT molecular complexity index is 657. The summed E-state index contributed by atoms with van der Waals surface area (Å²) in [4.78, 5) is 28.3. The Morgan fingerprint density at radius 3 is 2.86 bits per heavy atom. The highest BCUT2D eigenvalue weighted by atomic mass is 16.2. The van der Waals surface area contributed by atoms with E-state index in [1.165, 1.54) is 5.57 Å². The van der Waals surface area contributed by atoms with Gasteiger partial charge in [0.05, 0.1) is 5.71 Å². The molecule has 0 spiro atoms. The Morgan fingerprint density at radius 1 is 1.36 bits per heavy atom. The van der Waals surface area contributed by atoms with Crippen LogP contribution >= 0.6 is 0 Å². The zero-order chi connectivity index (χ0) is 15.9. The van der Waals surface area contributed by atoms with Crippen LogP contribution in [0.3, 0.4) is 0 Å². The van der Waals surface area contributed by atoms with Crippen molar-refractivity contribution in [3.05, 3.63) is 35.1 Å². The maximum Gasteiger partial charge on any atom is 0.251 e. The molecule has 1 atom stereocenters. The monoisotopic (exact) mass is 298 g/mol. The molecule has 4 heteroatoms. The third-order valence-corrected chi connectivity index (χ3v) is 4.20. The molecule has 0 bridgehead atoms. The minimum Gasteiger partial charge on any atom is -0.325 e. The SMILES string of the molecule is CC(C)(C)CC(=O)N=C1C=CC2C(=C1)NC(=O)C1=C2CCC1. The summed E-state index contributed by atoms with van der Waals surface area (Å²) in [5, 5.41) is 2.96. The van der Waals surface area contributed by atoms with Crippen molar-refractivity contribution in [2.45, 2.75) is 46.5 Å². The zero-order valence-corrected chi connectivity index (χ0v) is 13.4. The lowest BCUT2D eigenvalue weighted by molar-refractivity contribution is -0.119. The molecule has 3 aliphatic rings. The molecule has 116 valence electrons. The quantitative estimate of drug-likeness (QED) is 0.808. The van der Waals surface area contributed by atoms with Crippen molar-refractivity contribution in [3.8, 4) is 0 Å². The Balaban J connectivity index is 1.82. The second kappa shape index (κ2) is 5.34. The maximum atomic E-state index is 12.1. The highest BCUT2D eigenvalue weighted by Crippen LogP contribution is 2.39. The molecule has 2 aliphatic carbocycles. The van der Waals surface area contributed by atoms with E-state index in [0.29, 0.717) is 12.1 Å². The summed E-state index contributed by atoms with van der Waals surface area (Å²) in [6.45, 7) is 6.06. The van der Waals surface area contributed by atoms with Crippen molar-refractivity contribution in [3.63, 3.8) is 0 Å². The molecule has 0 saturated heterocycles. The molecule has 0 aromatic carbocycles. The van der Waals surface area contributed by atoms with Crippen LogP contribution in [0.5, 0.6) is 0 Å². The number of nitrogens with one attached hydrogen (secondary N) is 1. The van der Waals surface area contributed by atoms with Crippen LogP contribution in [0, 0.1) is 11.3 Å². The van der Waals surface area contributed by atoms with Crippen molar-refractivity contribution >= 4 is 17.5 Å². The molecule has 1 aliphatic heterocycles. The van der Waals surface area contributed by atoms with Gasteiger partial charge in [-0.3, -0.25) is 9.59 Å². The van der Waals surface area contributed by atoms with Gasteiger partial charge in [-0.1, -0.05) is 26.8 Å². The summed E-state index contributed by atoms with van der Waals surface area (Å²) in [5.41, 5.74) is 3.61. The normalized spacial score (nSPS) is 25.8. The number of fused-ring (bicyclic) bond motifs is 2. The number of nitrogens with zero attached hydrogens (tertiary/aromatic N) is 1. The summed E-state index contributed by atoms with van der Waals surface area (Å²) in [6, 6.07) is 0. The topological polar surface area (TPSA) is 58.5 Å². The fourth-order valence-corrected chi connectivity index (χ4v) is 3.30. The molecule has 1 unspecified atom stereocenters. The Morgan fingerprint density at radius 2 is 2.14 bits per heavy atom. The molecule has 0 aromatic rings. The molecule has 22 heavy (non-hydrogen) atoms. The first kappa shape index (κ1) is 14.9. The number of allylic oxidation sites excluding steroid dienone is 3. The fourth-order valence-electron chi connectivity index (χ4n) is 3.30. The number of hydrogen-bond acceptors (Lipinski definition) is 2. The summed E-state index contributed by atoms with van der Waals surface area (Å²) in [7, 11) is 0. The van der Waals surface area contributed by atoms with Crippen LogP contribution in [-0.4, -0.2) is 17.5 Å². The smallest absolute Gasteiger partial charge is 0.251 e. The molecular weight excluding hydrogens is 276 g/mol. The Hall–Kier alpha value is -1.97. The second-order valence-electron chi connectivity index (χ2n) is 7.42. The van der Waals surface area contributed by atoms with Crippen LogP contribution in [0.15, 0.2) is 40.1 Å². The molecule has 1 heterocycles. The van der Waals surface area contributed by atoms with Crippen LogP contribution in [0.25, 0.3) is 0 Å². The predicted molar refractivity (Wildman–Crippen MR) is 86.2 cm³/mol. The van der Waals surface area contributed by atoms with E-state index in [0.717, 1.165) is 30.5 Å². The minimum absolute atomic E-state index is 0.0191. The van der Waals surface area contributed by atoms with E-state index >= 15 is 0 Å². The third kappa shape index (κ3) is 2.96. The van der Waals surface area contributed by atoms with Crippen molar-refractivity contribution < 1.29 is 9.59 Å². The summed E-state index contributed by atoms with van der Waals surface area (Å²) >= 11 is 0. The van der Waals surface area contributed by atoms with E-state index in [4.69, 9.17) is 0 Å². The van der Waals surface area contributed by atoms with Gasteiger partial charge < -0.3 is 5.32 Å². The lowest BCUT2D eigenvalue weighted by atomic mass is 9.85. The number of hydrogen-bond donors (Lipinski definition) is 1. The number of rotatable bonds is 1. The molecular formula is C18H22N2O2. The van der Waals surface area contributed by atoms with Crippen molar-refractivity contribution in [1.29, 1.82) is 0 Å². The molecule has 0 radical (unpaired) electrons. The van der Waals surface area contributed by atoms with Gasteiger partial charge in [-0.2, -0.15) is 0 Å². The van der Waals surface area contributed by atoms with Gasteiger partial charge in [-0.05, 0) is 42.4 Å². The number of amides is 2. The number of aliphatic imine (C=N–C) groups is 1. The highest BCUT2D eigenvalue weighted by Gasteiger charge is 2.34. The largest absolute Gasteiger partial charge is 0.325 e. The third-order valence-electron chi connectivity index (χ3n) is 4.20. The summed E-state index contributed by atoms with van der Waals surface area (Å²) < 4.78 is 0. The zero-order valence-electron chi connectivity index (χ0n) is 13.4.